The zero-order valence-electron chi connectivity index (χ0n) is 19.6. The largest absolute Gasteiger partial charge is 0.497 e. The second kappa shape index (κ2) is 9.74. The molecule has 0 atom stereocenters. The number of fused-ring (bicyclic) bond motifs is 1. The van der Waals surface area contributed by atoms with E-state index in [4.69, 9.17) is 19.3 Å². The minimum atomic E-state index is -0.617. The fraction of sp³-hybridized carbons (Fsp3) is 0.120. The Balaban J connectivity index is 1.36. The fourth-order valence-electron chi connectivity index (χ4n) is 3.66. The molecule has 0 aliphatic carbocycles. The van der Waals surface area contributed by atoms with Gasteiger partial charge in [0.05, 0.1) is 29.2 Å². The number of nitrogens with zero attached hydrogens (tertiary/aromatic N) is 4. The summed E-state index contributed by atoms with van der Waals surface area (Å²) in [5.41, 5.74) is 1.09. The molecule has 12 heteroatoms. The van der Waals surface area contributed by atoms with Gasteiger partial charge in [0.1, 0.15) is 34.7 Å². The van der Waals surface area contributed by atoms with Gasteiger partial charge in [-0.15, -0.1) is 0 Å². The molecule has 2 aliphatic heterocycles. The Morgan fingerprint density at radius 1 is 1.19 bits per heavy atom. The molecule has 0 saturated heterocycles. The quantitative estimate of drug-likeness (QED) is 0.266. The van der Waals surface area contributed by atoms with Crippen LogP contribution in [0.3, 0.4) is 0 Å². The number of hydrazone groups is 1. The molecule has 5 rings (SSSR count). The van der Waals surface area contributed by atoms with Crippen LogP contribution in [0.2, 0.25) is 0 Å². The van der Waals surface area contributed by atoms with Crippen LogP contribution < -0.4 is 9.47 Å². The molecule has 0 bridgehead atoms. The number of nitrogens with one attached hydrogen (secondary N) is 1. The van der Waals surface area contributed by atoms with E-state index in [-0.39, 0.29) is 46.0 Å². The van der Waals surface area contributed by atoms with E-state index in [1.807, 2.05) is 31.2 Å². The Kier molecular flexibility index (Phi) is 6.32. The molecule has 0 saturated carbocycles. The molecule has 0 unspecified atom stereocenters. The molecule has 1 N–H and O–H groups in total. The number of aryl methyl sites for hydroxylation is 1. The van der Waals surface area contributed by atoms with Crippen LogP contribution in [-0.4, -0.2) is 45.6 Å². The third-order valence-electron chi connectivity index (χ3n) is 5.43. The molecule has 0 radical (unpaired) electrons. The van der Waals surface area contributed by atoms with Gasteiger partial charge in [-0.2, -0.15) is 15.1 Å². The summed E-state index contributed by atoms with van der Waals surface area (Å²) in [6.45, 7) is 2.12. The van der Waals surface area contributed by atoms with E-state index in [1.165, 1.54) is 30.3 Å². The average Bonchev–Trinajstić information content (AvgIpc) is 3.52. The van der Waals surface area contributed by atoms with Gasteiger partial charge in [-0.05, 0) is 66.7 Å². The van der Waals surface area contributed by atoms with Crippen LogP contribution in [-0.2, 0) is 4.79 Å². The number of rotatable bonds is 7. The Hall–Kier alpha value is -4.71. The minimum Gasteiger partial charge on any atom is -0.497 e. The number of amides is 1. The lowest BCUT2D eigenvalue weighted by Gasteiger charge is -2.19. The number of aliphatic imine (C=N–C) groups is 1. The predicted molar refractivity (Wildman–Crippen MR) is 139 cm³/mol. The van der Waals surface area contributed by atoms with Gasteiger partial charge in [0.15, 0.2) is 5.84 Å². The first kappa shape index (κ1) is 24.0. The van der Waals surface area contributed by atoms with Gasteiger partial charge in [-0.25, -0.2) is 0 Å². The van der Waals surface area contributed by atoms with Crippen molar-refractivity contribution in [3.8, 4) is 22.8 Å². The van der Waals surface area contributed by atoms with E-state index in [0.717, 1.165) is 17.3 Å². The van der Waals surface area contributed by atoms with E-state index < -0.39 is 10.8 Å². The van der Waals surface area contributed by atoms with Gasteiger partial charge < -0.3 is 13.9 Å². The summed E-state index contributed by atoms with van der Waals surface area (Å²) in [6.07, 6.45) is 1.37. The number of ether oxygens (including phenoxy) is 2. The van der Waals surface area contributed by atoms with Crippen molar-refractivity contribution in [3.05, 3.63) is 81.6 Å². The number of hydrogen-bond acceptors (Lipinski definition) is 9. The maximum atomic E-state index is 12.7. The van der Waals surface area contributed by atoms with Crippen molar-refractivity contribution in [2.24, 2.45) is 10.1 Å². The first-order chi connectivity index (χ1) is 17.8. The lowest BCUT2D eigenvalue weighted by atomic mass is 10.1. The molecule has 1 aromatic heterocycles. The molecule has 0 fully saturated rings. The average molecular weight is 518 g/mol. The maximum absolute atomic E-state index is 12.7. The van der Waals surface area contributed by atoms with Gasteiger partial charge in [0.2, 0.25) is 5.17 Å². The van der Waals surface area contributed by atoms with Gasteiger partial charge >= 0.3 is 0 Å². The molecule has 186 valence electrons. The zero-order valence-corrected chi connectivity index (χ0v) is 20.4. The highest BCUT2D eigenvalue weighted by Gasteiger charge is 2.36. The third-order valence-corrected chi connectivity index (χ3v) is 6.31. The van der Waals surface area contributed by atoms with Gasteiger partial charge in [-0.3, -0.25) is 20.3 Å². The van der Waals surface area contributed by atoms with Gasteiger partial charge in [0, 0.05) is 0 Å². The fourth-order valence-corrected chi connectivity index (χ4v) is 4.45. The number of carbonyl (C=O) groups is 1. The summed E-state index contributed by atoms with van der Waals surface area (Å²) in [5, 5.41) is 26.5. The first-order valence-corrected chi connectivity index (χ1v) is 11.8. The number of methoxy groups -OCH3 is 1. The van der Waals surface area contributed by atoms with Crippen LogP contribution in [0.4, 0.5) is 5.69 Å². The summed E-state index contributed by atoms with van der Waals surface area (Å²) >= 11 is 1.16. The van der Waals surface area contributed by atoms with Crippen molar-refractivity contribution in [3.63, 3.8) is 0 Å². The number of hydrogen-bond donors (Lipinski definition) is 1. The molecule has 2 aromatic carbocycles. The highest BCUT2D eigenvalue weighted by atomic mass is 32.2. The van der Waals surface area contributed by atoms with Crippen LogP contribution in [0, 0.1) is 22.4 Å². The van der Waals surface area contributed by atoms with Crippen LogP contribution in [0.25, 0.3) is 17.4 Å². The Morgan fingerprint density at radius 2 is 2.03 bits per heavy atom. The molecule has 2 aliphatic rings. The number of carbonyl (C=O) groups excluding carboxylic acids is 1. The lowest BCUT2D eigenvalue weighted by Crippen LogP contribution is -2.35. The molecule has 1 amide bonds. The zero-order chi connectivity index (χ0) is 26.1. The molecule has 0 spiro atoms. The molecule has 37 heavy (non-hydrogen) atoms. The van der Waals surface area contributed by atoms with E-state index in [2.05, 4.69) is 10.1 Å². The number of nitro benzene ring substituents is 1. The van der Waals surface area contributed by atoms with Gasteiger partial charge in [0.25, 0.3) is 11.6 Å². The minimum absolute atomic E-state index is 0.0286. The molecular formula is C25H19N5O6S. The highest BCUT2D eigenvalue weighted by Crippen LogP contribution is 2.35. The van der Waals surface area contributed by atoms with E-state index in [9.17, 15) is 14.9 Å². The monoisotopic (exact) mass is 517 g/mol. The first-order valence-electron chi connectivity index (χ1n) is 10.9. The predicted octanol–water partition coefficient (Wildman–Crippen LogP) is 4.87. The Morgan fingerprint density at radius 3 is 2.78 bits per heavy atom. The smallest absolute Gasteiger partial charge is 0.284 e. The van der Waals surface area contributed by atoms with Crippen molar-refractivity contribution in [1.29, 1.82) is 5.41 Å². The molecule has 11 nitrogen and oxygen atoms in total. The summed E-state index contributed by atoms with van der Waals surface area (Å²) in [6, 6.07) is 15.1. The second-order valence-corrected chi connectivity index (χ2v) is 9.00. The van der Waals surface area contributed by atoms with Crippen molar-refractivity contribution in [2.75, 3.05) is 13.7 Å². The summed E-state index contributed by atoms with van der Waals surface area (Å²) in [7, 11) is 1.42. The second-order valence-electron chi connectivity index (χ2n) is 7.96. The van der Waals surface area contributed by atoms with Crippen LogP contribution in [0.5, 0.6) is 11.5 Å². The maximum Gasteiger partial charge on any atom is 0.284 e. The van der Waals surface area contributed by atoms with Crippen LogP contribution >= 0.6 is 11.8 Å². The molecular weight excluding hydrogens is 498 g/mol. The normalized spacial score (nSPS) is 15.9. The third kappa shape index (κ3) is 4.86. The van der Waals surface area contributed by atoms with Crippen molar-refractivity contribution in [2.45, 2.75) is 6.92 Å². The van der Waals surface area contributed by atoms with Crippen LogP contribution in [0.1, 0.15) is 11.3 Å². The van der Waals surface area contributed by atoms with Crippen molar-refractivity contribution >= 4 is 45.5 Å². The van der Waals surface area contributed by atoms with E-state index in [0.29, 0.717) is 16.5 Å². The number of benzene rings is 2. The highest BCUT2D eigenvalue weighted by molar-refractivity contribution is 8.27. The summed E-state index contributed by atoms with van der Waals surface area (Å²) in [5.74, 6) is 0.699. The van der Waals surface area contributed by atoms with Crippen molar-refractivity contribution < 1.29 is 23.6 Å². The standard InChI is InChI=1S/C25H19N5O6S/c1-14-4-3-5-16(10-14)35-13-22-28-29-23(26)19(24(31)27-25(29)37-22)11-17-7-9-21(36-17)18-8-6-15(34-2)12-20(18)30(32)33/h3-12,26H,13H2,1-2H3/b19-11+,26-23?. The van der Waals surface area contributed by atoms with E-state index in [1.54, 1.807) is 18.2 Å². The number of furan rings is 1. The topological polar surface area (TPSA) is 144 Å². The number of thioether (sulfide) groups is 1. The SMILES string of the molecule is COc1ccc(-c2ccc(/C=C3\C(=N)N4N=C(COc5cccc(C)c5)SC4=NC3=O)o2)c([N+](=O)[O-])c1. The summed E-state index contributed by atoms with van der Waals surface area (Å²) < 4.78 is 16.6. The summed E-state index contributed by atoms with van der Waals surface area (Å²) in [4.78, 5) is 27.8. The Bertz CT molecular complexity index is 1540. The van der Waals surface area contributed by atoms with Crippen molar-refractivity contribution in [1.82, 2.24) is 5.01 Å². The van der Waals surface area contributed by atoms with E-state index >= 15 is 0 Å². The lowest BCUT2D eigenvalue weighted by molar-refractivity contribution is -0.384. The molecule has 3 heterocycles. The molecule has 3 aromatic rings. The number of amidine groups is 2. The van der Waals surface area contributed by atoms with Crippen LogP contribution in [0.15, 0.2) is 74.7 Å². The van der Waals surface area contributed by atoms with Gasteiger partial charge in [-0.1, -0.05) is 12.1 Å². The number of nitro groups is 1. The Labute approximate surface area is 214 Å².